The summed E-state index contributed by atoms with van der Waals surface area (Å²) in [7, 11) is 0. The lowest BCUT2D eigenvalue weighted by molar-refractivity contribution is -0.122. The van der Waals surface area contributed by atoms with Crippen LogP contribution in [0.25, 0.3) is 0 Å². The van der Waals surface area contributed by atoms with Gasteiger partial charge in [-0.15, -0.1) is 0 Å². The van der Waals surface area contributed by atoms with Gasteiger partial charge in [-0.2, -0.15) is 0 Å². The van der Waals surface area contributed by atoms with Gasteiger partial charge in [0.15, 0.2) is 0 Å². The quantitative estimate of drug-likeness (QED) is 0.853. The first kappa shape index (κ1) is 15.2. The fraction of sp³-hybridized carbons (Fsp3) is 0.294. The number of benzene rings is 1. The maximum absolute atomic E-state index is 11.9. The number of carbonyl (C=O) groups excluding carboxylic acids is 1. The normalized spacial score (nSPS) is 13.4. The zero-order valence-electron chi connectivity index (χ0n) is 12.1. The number of rotatable bonds is 6. The molecule has 0 spiro atoms. The fourth-order valence-electron chi connectivity index (χ4n) is 2.06. The SMILES string of the molecule is CC(O)(CNC(=O)CCc1cccnc1)c1ccccc1. The molecule has 0 bridgehead atoms. The van der Waals surface area contributed by atoms with E-state index in [1.165, 1.54) is 0 Å². The molecule has 0 fully saturated rings. The average molecular weight is 284 g/mol. The van der Waals surface area contributed by atoms with Crippen molar-refractivity contribution < 1.29 is 9.90 Å². The Bertz CT molecular complexity index is 568. The van der Waals surface area contributed by atoms with Gasteiger partial charge in [0, 0.05) is 18.8 Å². The van der Waals surface area contributed by atoms with Crippen molar-refractivity contribution in [3.63, 3.8) is 0 Å². The smallest absolute Gasteiger partial charge is 0.220 e. The molecule has 110 valence electrons. The molecular weight excluding hydrogens is 264 g/mol. The van der Waals surface area contributed by atoms with Crippen molar-refractivity contribution >= 4 is 5.91 Å². The van der Waals surface area contributed by atoms with Crippen LogP contribution in [0.1, 0.15) is 24.5 Å². The summed E-state index contributed by atoms with van der Waals surface area (Å²) >= 11 is 0. The van der Waals surface area contributed by atoms with Crippen LogP contribution in [0.15, 0.2) is 54.9 Å². The molecule has 2 N–H and O–H groups in total. The van der Waals surface area contributed by atoms with E-state index in [-0.39, 0.29) is 12.5 Å². The van der Waals surface area contributed by atoms with Crippen molar-refractivity contribution in [1.29, 1.82) is 0 Å². The zero-order chi connectivity index (χ0) is 15.1. The van der Waals surface area contributed by atoms with Crippen molar-refractivity contribution in [1.82, 2.24) is 10.3 Å². The molecule has 4 heteroatoms. The predicted octanol–water partition coefficient (Wildman–Crippen LogP) is 2.04. The van der Waals surface area contributed by atoms with Gasteiger partial charge in [0.25, 0.3) is 0 Å². The van der Waals surface area contributed by atoms with Crippen LogP contribution in [0.3, 0.4) is 0 Å². The Morgan fingerprint density at radius 3 is 2.67 bits per heavy atom. The Labute approximate surface area is 124 Å². The molecule has 1 aromatic carbocycles. The molecule has 0 saturated heterocycles. The van der Waals surface area contributed by atoms with Gasteiger partial charge in [0.05, 0.1) is 6.54 Å². The van der Waals surface area contributed by atoms with E-state index in [0.717, 1.165) is 11.1 Å². The third-order valence-electron chi connectivity index (χ3n) is 3.39. The van der Waals surface area contributed by atoms with Crippen LogP contribution in [0.2, 0.25) is 0 Å². The van der Waals surface area contributed by atoms with E-state index in [2.05, 4.69) is 10.3 Å². The second-order valence-corrected chi connectivity index (χ2v) is 5.28. The maximum Gasteiger partial charge on any atom is 0.220 e. The number of hydrogen-bond donors (Lipinski definition) is 2. The highest BCUT2D eigenvalue weighted by atomic mass is 16.3. The summed E-state index contributed by atoms with van der Waals surface area (Å²) in [5.41, 5.74) is 0.755. The summed E-state index contributed by atoms with van der Waals surface area (Å²) in [6.45, 7) is 1.90. The molecule has 1 atom stereocenters. The highest BCUT2D eigenvalue weighted by Gasteiger charge is 2.23. The summed E-state index contributed by atoms with van der Waals surface area (Å²) in [5, 5.41) is 13.2. The third-order valence-corrected chi connectivity index (χ3v) is 3.39. The summed E-state index contributed by atoms with van der Waals surface area (Å²) < 4.78 is 0. The number of nitrogens with one attached hydrogen (secondary N) is 1. The van der Waals surface area contributed by atoms with E-state index in [4.69, 9.17) is 0 Å². The van der Waals surface area contributed by atoms with E-state index in [1.54, 1.807) is 19.3 Å². The molecule has 2 rings (SSSR count). The molecule has 4 nitrogen and oxygen atoms in total. The molecule has 21 heavy (non-hydrogen) atoms. The second kappa shape index (κ2) is 6.99. The van der Waals surface area contributed by atoms with E-state index in [1.807, 2.05) is 42.5 Å². The Hall–Kier alpha value is -2.20. The molecule has 0 aliphatic carbocycles. The first-order chi connectivity index (χ1) is 10.1. The lowest BCUT2D eigenvalue weighted by Crippen LogP contribution is -2.38. The van der Waals surface area contributed by atoms with Gasteiger partial charge in [0.2, 0.25) is 5.91 Å². The van der Waals surface area contributed by atoms with Gasteiger partial charge in [0.1, 0.15) is 5.60 Å². The van der Waals surface area contributed by atoms with E-state index in [0.29, 0.717) is 12.8 Å². The standard InChI is InChI=1S/C17H20N2O2/c1-17(21,15-7-3-2-4-8-15)13-19-16(20)10-9-14-6-5-11-18-12-14/h2-8,11-12,21H,9-10,13H2,1H3,(H,19,20). The first-order valence-electron chi connectivity index (χ1n) is 7.01. The predicted molar refractivity (Wildman–Crippen MR) is 81.6 cm³/mol. The van der Waals surface area contributed by atoms with Crippen LogP contribution in [-0.2, 0) is 16.8 Å². The lowest BCUT2D eigenvalue weighted by Gasteiger charge is -2.24. The van der Waals surface area contributed by atoms with Gasteiger partial charge in [-0.1, -0.05) is 36.4 Å². The number of hydrogen-bond acceptors (Lipinski definition) is 3. The van der Waals surface area contributed by atoms with Crippen LogP contribution >= 0.6 is 0 Å². The summed E-state index contributed by atoms with van der Waals surface area (Å²) in [5.74, 6) is -0.0740. The van der Waals surface area contributed by atoms with Crippen molar-refractivity contribution in [3.8, 4) is 0 Å². The molecule has 1 heterocycles. The molecule has 1 amide bonds. The van der Waals surface area contributed by atoms with Crippen molar-refractivity contribution in [2.24, 2.45) is 0 Å². The molecule has 0 aliphatic heterocycles. The molecule has 0 aliphatic rings. The maximum atomic E-state index is 11.9. The third kappa shape index (κ3) is 4.68. The summed E-state index contributed by atoms with van der Waals surface area (Å²) in [4.78, 5) is 15.9. The Kier molecular flexibility index (Phi) is 5.06. The average Bonchev–Trinajstić information content (AvgIpc) is 2.53. The molecule has 1 unspecified atom stereocenters. The largest absolute Gasteiger partial charge is 0.384 e. The van der Waals surface area contributed by atoms with Gasteiger partial charge >= 0.3 is 0 Å². The number of pyridine rings is 1. The number of aryl methyl sites for hydroxylation is 1. The molecule has 0 saturated carbocycles. The minimum Gasteiger partial charge on any atom is -0.384 e. The fourth-order valence-corrected chi connectivity index (χ4v) is 2.06. The zero-order valence-corrected chi connectivity index (χ0v) is 12.1. The van der Waals surface area contributed by atoms with Crippen molar-refractivity contribution in [2.45, 2.75) is 25.4 Å². The van der Waals surface area contributed by atoms with Crippen LogP contribution in [0.5, 0.6) is 0 Å². The van der Waals surface area contributed by atoms with Gasteiger partial charge in [-0.3, -0.25) is 9.78 Å². The van der Waals surface area contributed by atoms with Gasteiger partial charge in [-0.05, 0) is 30.5 Å². The number of amides is 1. The first-order valence-corrected chi connectivity index (χ1v) is 7.01. The van der Waals surface area contributed by atoms with Gasteiger partial charge in [-0.25, -0.2) is 0 Å². The Balaban J connectivity index is 1.81. The molecule has 2 aromatic rings. The van der Waals surface area contributed by atoms with Gasteiger partial charge < -0.3 is 10.4 Å². The summed E-state index contributed by atoms with van der Waals surface area (Å²) in [6.07, 6.45) is 4.50. The van der Waals surface area contributed by atoms with Crippen molar-refractivity contribution in [2.75, 3.05) is 6.54 Å². The van der Waals surface area contributed by atoms with Crippen LogP contribution in [-0.4, -0.2) is 22.5 Å². The van der Waals surface area contributed by atoms with E-state index in [9.17, 15) is 9.90 Å². The van der Waals surface area contributed by atoms with Crippen LogP contribution in [0, 0.1) is 0 Å². The highest BCUT2D eigenvalue weighted by Crippen LogP contribution is 2.18. The number of aliphatic hydroxyl groups is 1. The number of aromatic nitrogens is 1. The molecule has 1 aromatic heterocycles. The molecule has 0 radical (unpaired) electrons. The second-order valence-electron chi connectivity index (χ2n) is 5.28. The Morgan fingerprint density at radius 2 is 2.00 bits per heavy atom. The van der Waals surface area contributed by atoms with E-state index >= 15 is 0 Å². The Morgan fingerprint density at radius 1 is 1.24 bits per heavy atom. The summed E-state index contributed by atoms with van der Waals surface area (Å²) in [6, 6.07) is 13.1. The minimum atomic E-state index is -1.06. The van der Waals surface area contributed by atoms with Crippen LogP contribution < -0.4 is 5.32 Å². The monoisotopic (exact) mass is 284 g/mol. The van der Waals surface area contributed by atoms with E-state index < -0.39 is 5.60 Å². The highest BCUT2D eigenvalue weighted by molar-refractivity contribution is 5.76. The van der Waals surface area contributed by atoms with Crippen LogP contribution in [0.4, 0.5) is 0 Å². The number of carbonyl (C=O) groups is 1. The lowest BCUT2D eigenvalue weighted by atomic mass is 9.96. The van der Waals surface area contributed by atoms with Crippen molar-refractivity contribution in [3.05, 3.63) is 66.0 Å². The topological polar surface area (TPSA) is 62.2 Å². The minimum absolute atomic E-state index is 0.0740. The molecular formula is C17H20N2O2. The number of nitrogens with zero attached hydrogens (tertiary/aromatic N) is 1.